The monoisotopic (exact) mass is 457 g/mol. The van der Waals surface area contributed by atoms with Gasteiger partial charge in [-0.25, -0.2) is 4.98 Å². The van der Waals surface area contributed by atoms with E-state index in [0.717, 1.165) is 24.9 Å². The van der Waals surface area contributed by atoms with Crippen LogP contribution in [0.3, 0.4) is 0 Å². The third-order valence-corrected chi connectivity index (χ3v) is 6.65. The number of carbonyl (C=O) groups is 3. The number of amides is 3. The summed E-state index contributed by atoms with van der Waals surface area (Å²) in [6.07, 6.45) is 5.01. The molecule has 1 saturated carbocycles. The number of hydrogen-bond donors (Lipinski definition) is 3. The molecule has 2 heterocycles. The molecule has 0 radical (unpaired) electrons. The normalized spacial score (nSPS) is 23.1. The second-order valence-electron chi connectivity index (χ2n) is 8.97. The summed E-state index contributed by atoms with van der Waals surface area (Å²) in [6, 6.07) is 7.28. The number of nitrogens with zero attached hydrogens (tertiary/aromatic N) is 2. The van der Waals surface area contributed by atoms with Gasteiger partial charge in [0, 0.05) is 29.3 Å². The maximum absolute atomic E-state index is 13.3. The van der Waals surface area contributed by atoms with E-state index in [4.69, 9.17) is 11.6 Å². The summed E-state index contributed by atoms with van der Waals surface area (Å²) < 4.78 is 0. The minimum absolute atomic E-state index is 0.0505. The van der Waals surface area contributed by atoms with Gasteiger partial charge in [0.15, 0.2) is 5.69 Å². The Labute approximate surface area is 192 Å². The lowest BCUT2D eigenvalue weighted by Crippen LogP contribution is -2.44. The fourth-order valence-corrected chi connectivity index (χ4v) is 4.90. The van der Waals surface area contributed by atoms with Crippen LogP contribution in [0.1, 0.15) is 66.9 Å². The average Bonchev–Trinajstić information content (AvgIpc) is 3.36. The number of carbonyl (C=O) groups excluding carboxylic acids is 3. The third kappa shape index (κ3) is 4.37. The molecular weight excluding hydrogens is 430 g/mol. The van der Waals surface area contributed by atoms with E-state index in [2.05, 4.69) is 20.6 Å². The highest BCUT2D eigenvalue weighted by Gasteiger charge is 2.48. The highest BCUT2D eigenvalue weighted by molar-refractivity contribution is 6.31. The van der Waals surface area contributed by atoms with Crippen LogP contribution >= 0.6 is 11.6 Å². The second kappa shape index (κ2) is 8.94. The number of halogens is 1. The largest absolute Gasteiger partial charge is 0.348 e. The maximum Gasteiger partial charge on any atom is 0.272 e. The first-order valence-electron chi connectivity index (χ1n) is 11.0. The Morgan fingerprint density at radius 1 is 1.22 bits per heavy atom. The lowest BCUT2D eigenvalue weighted by atomic mass is 9.71. The first kappa shape index (κ1) is 22.3. The molecule has 8 nitrogen and oxygen atoms in total. The minimum atomic E-state index is -0.383. The van der Waals surface area contributed by atoms with Crippen LogP contribution in [0, 0.1) is 5.41 Å². The van der Waals surface area contributed by atoms with Gasteiger partial charge in [0.2, 0.25) is 5.91 Å². The molecule has 4 rings (SSSR count). The summed E-state index contributed by atoms with van der Waals surface area (Å²) in [4.78, 5) is 46.9. The molecule has 1 aliphatic heterocycles. The van der Waals surface area contributed by atoms with Crippen molar-refractivity contribution in [1.82, 2.24) is 20.6 Å². The van der Waals surface area contributed by atoms with Crippen LogP contribution in [-0.4, -0.2) is 46.3 Å². The molecule has 0 atom stereocenters. The number of aromatic amines is 1. The molecule has 2 fully saturated rings. The molecular formula is C23H28ClN5O3. The van der Waals surface area contributed by atoms with Crippen molar-refractivity contribution in [1.29, 1.82) is 0 Å². The average molecular weight is 458 g/mol. The summed E-state index contributed by atoms with van der Waals surface area (Å²) >= 11 is 6.10. The molecule has 1 saturated heterocycles. The van der Waals surface area contributed by atoms with E-state index in [-0.39, 0.29) is 46.6 Å². The van der Waals surface area contributed by atoms with Gasteiger partial charge in [0.25, 0.3) is 11.8 Å². The Morgan fingerprint density at radius 2 is 1.97 bits per heavy atom. The van der Waals surface area contributed by atoms with Crippen molar-refractivity contribution in [3.63, 3.8) is 0 Å². The molecule has 1 aliphatic carbocycles. The number of H-pyrrole nitrogens is 1. The van der Waals surface area contributed by atoms with Gasteiger partial charge in [-0.2, -0.15) is 0 Å². The molecule has 170 valence electrons. The van der Waals surface area contributed by atoms with Crippen LogP contribution in [0.5, 0.6) is 0 Å². The van der Waals surface area contributed by atoms with Crippen molar-refractivity contribution in [3.05, 3.63) is 47.0 Å². The topological polar surface area (TPSA) is 107 Å². The quantitative estimate of drug-likeness (QED) is 0.640. The Balaban J connectivity index is 1.37. The number of aromatic nitrogens is 2. The predicted octanol–water partition coefficient (Wildman–Crippen LogP) is 3.30. The molecule has 1 spiro atoms. The molecule has 0 unspecified atom stereocenters. The molecule has 1 aromatic carbocycles. The van der Waals surface area contributed by atoms with Crippen molar-refractivity contribution < 1.29 is 14.4 Å². The Bertz CT molecular complexity index is 1030. The smallest absolute Gasteiger partial charge is 0.272 e. The van der Waals surface area contributed by atoms with Gasteiger partial charge in [-0.3, -0.25) is 14.4 Å². The van der Waals surface area contributed by atoms with Crippen molar-refractivity contribution >= 4 is 35.0 Å². The Hall–Kier alpha value is -2.87. The van der Waals surface area contributed by atoms with E-state index < -0.39 is 0 Å². The van der Waals surface area contributed by atoms with Crippen LogP contribution in [-0.2, 0) is 4.79 Å². The van der Waals surface area contributed by atoms with Crippen molar-refractivity contribution in [2.24, 2.45) is 5.41 Å². The number of nitrogens with one attached hydrogen (secondary N) is 3. The van der Waals surface area contributed by atoms with Crippen LogP contribution in [0.25, 0.3) is 0 Å². The molecule has 32 heavy (non-hydrogen) atoms. The highest BCUT2D eigenvalue weighted by atomic mass is 35.5. The van der Waals surface area contributed by atoms with Gasteiger partial charge in [0.1, 0.15) is 5.69 Å². The van der Waals surface area contributed by atoms with Crippen LogP contribution in [0.2, 0.25) is 5.02 Å². The lowest BCUT2D eigenvalue weighted by molar-refractivity contribution is -0.127. The van der Waals surface area contributed by atoms with Crippen molar-refractivity contribution in [3.8, 4) is 0 Å². The van der Waals surface area contributed by atoms with E-state index in [1.807, 2.05) is 36.9 Å². The SMILES string of the molecule is CC(C)NC(=O)c1nc[nH]c1C(=O)NC1CCC2(CC1)CCN(c1cccc(Cl)c1)C2=O. The number of benzene rings is 1. The molecule has 0 bridgehead atoms. The summed E-state index contributed by atoms with van der Waals surface area (Å²) in [5, 5.41) is 6.37. The first-order valence-corrected chi connectivity index (χ1v) is 11.4. The molecule has 9 heteroatoms. The fraction of sp³-hybridized carbons (Fsp3) is 0.478. The number of anilines is 1. The van der Waals surface area contributed by atoms with Gasteiger partial charge < -0.3 is 20.5 Å². The number of imidazole rings is 1. The van der Waals surface area contributed by atoms with Gasteiger partial charge in [-0.15, -0.1) is 0 Å². The van der Waals surface area contributed by atoms with Crippen LogP contribution in [0.4, 0.5) is 5.69 Å². The molecule has 2 aromatic rings. The minimum Gasteiger partial charge on any atom is -0.348 e. The van der Waals surface area contributed by atoms with Gasteiger partial charge in [0.05, 0.1) is 11.7 Å². The summed E-state index contributed by atoms with van der Waals surface area (Å²) in [7, 11) is 0. The zero-order valence-corrected chi connectivity index (χ0v) is 19.0. The van der Waals surface area contributed by atoms with E-state index >= 15 is 0 Å². The first-order chi connectivity index (χ1) is 15.3. The summed E-state index contributed by atoms with van der Waals surface area (Å²) in [6.45, 7) is 4.37. The number of hydrogen-bond acceptors (Lipinski definition) is 4. The standard InChI is InChI=1S/C23H28ClN5O3/c1-14(2)27-20(30)18-19(26-13-25-18)21(31)28-16-6-8-23(9-7-16)10-11-29(22(23)32)17-5-3-4-15(24)12-17/h3-5,12-14,16H,6-11H2,1-2H3,(H,25,26)(H,27,30)(H,28,31). The van der Waals surface area contributed by atoms with E-state index in [1.54, 1.807) is 6.07 Å². The molecule has 2 aliphatic rings. The predicted molar refractivity (Wildman–Crippen MR) is 122 cm³/mol. The molecule has 1 aromatic heterocycles. The summed E-state index contributed by atoms with van der Waals surface area (Å²) in [5.74, 6) is -0.590. The van der Waals surface area contributed by atoms with Crippen molar-refractivity contribution in [2.75, 3.05) is 11.4 Å². The maximum atomic E-state index is 13.3. The number of rotatable bonds is 5. The fourth-order valence-electron chi connectivity index (χ4n) is 4.72. The van der Waals surface area contributed by atoms with E-state index in [0.29, 0.717) is 24.4 Å². The Kier molecular flexibility index (Phi) is 6.24. The lowest BCUT2D eigenvalue weighted by Gasteiger charge is -2.36. The van der Waals surface area contributed by atoms with Gasteiger partial charge in [-0.1, -0.05) is 17.7 Å². The zero-order chi connectivity index (χ0) is 22.9. The van der Waals surface area contributed by atoms with Gasteiger partial charge >= 0.3 is 0 Å². The molecule has 3 amide bonds. The molecule has 3 N–H and O–H groups in total. The highest BCUT2D eigenvalue weighted by Crippen LogP contribution is 2.46. The third-order valence-electron chi connectivity index (χ3n) is 6.41. The van der Waals surface area contributed by atoms with E-state index in [9.17, 15) is 14.4 Å². The second-order valence-corrected chi connectivity index (χ2v) is 9.41. The Morgan fingerprint density at radius 3 is 2.66 bits per heavy atom. The van der Waals surface area contributed by atoms with Crippen LogP contribution < -0.4 is 15.5 Å². The van der Waals surface area contributed by atoms with Crippen molar-refractivity contribution in [2.45, 2.75) is 58.0 Å². The summed E-state index contributed by atoms with van der Waals surface area (Å²) in [5.41, 5.74) is 0.709. The zero-order valence-electron chi connectivity index (χ0n) is 18.3. The van der Waals surface area contributed by atoms with Crippen LogP contribution in [0.15, 0.2) is 30.6 Å². The van der Waals surface area contributed by atoms with Gasteiger partial charge in [-0.05, 0) is 64.2 Å². The van der Waals surface area contributed by atoms with E-state index in [1.165, 1.54) is 6.33 Å².